The highest BCUT2D eigenvalue weighted by Gasteiger charge is 2.37. The summed E-state index contributed by atoms with van der Waals surface area (Å²) in [6.07, 6.45) is -0.789. The Labute approximate surface area is 247 Å². The zero-order valence-electron chi connectivity index (χ0n) is 24.9. The number of nitrogens with one attached hydrogen (secondary N) is 2. The number of anilines is 1. The summed E-state index contributed by atoms with van der Waals surface area (Å²) in [6.45, 7) is 10.3. The summed E-state index contributed by atoms with van der Waals surface area (Å²) >= 11 is 0. The van der Waals surface area contributed by atoms with Crippen molar-refractivity contribution in [2.75, 3.05) is 11.9 Å². The first-order valence-corrected chi connectivity index (χ1v) is 13.7. The molecule has 9 nitrogen and oxygen atoms in total. The van der Waals surface area contributed by atoms with Gasteiger partial charge in [-0.1, -0.05) is 54.1 Å². The van der Waals surface area contributed by atoms with Crippen LogP contribution in [0.1, 0.15) is 54.6 Å². The van der Waals surface area contributed by atoms with Crippen molar-refractivity contribution in [2.45, 2.75) is 65.6 Å². The Kier molecular flexibility index (Phi) is 10.3. The Morgan fingerprint density at radius 3 is 2.24 bits per heavy atom. The standard InChI is InChI=1S/C33H38N4O5/c1-21-11-16-26(23(3)19-21)29(30(39)35-27-10-8-7-9-22(27)2)37(18-17-34)31(40)28(36-32(41)42-33(4,5)6)20-24-12-14-25(38)15-13-24/h7-16,19,28-29,38H,18,20H2,1-6H3,(H,35,39)(H,36,41). The number of ether oxygens (including phenoxy) is 1. The lowest BCUT2D eigenvalue weighted by atomic mass is 9.95. The van der Waals surface area contributed by atoms with Gasteiger partial charge in [0.2, 0.25) is 5.91 Å². The van der Waals surface area contributed by atoms with Gasteiger partial charge in [-0.05, 0) is 82.0 Å². The van der Waals surface area contributed by atoms with Crippen LogP contribution in [-0.4, -0.2) is 46.1 Å². The van der Waals surface area contributed by atoms with E-state index in [0.29, 0.717) is 16.8 Å². The third-order valence-electron chi connectivity index (χ3n) is 6.57. The number of nitriles is 1. The van der Waals surface area contributed by atoms with E-state index in [0.717, 1.165) is 16.7 Å². The monoisotopic (exact) mass is 570 g/mol. The van der Waals surface area contributed by atoms with Crippen molar-refractivity contribution < 1.29 is 24.2 Å². The van der Waals surface area contributed by atoms with E-state index in [2.05, 4.69) is 10.6 Å². The molecule has 0 saturated heterocycles. The van der Waals surface area contributed by atoms with Crippen molar-refractivity contribution in [3.05, 3.63) is 94.5 Å². The van der Waals surface area contributed by atoms with Crippen molar-refractivity contribution >= 4 is 23.6 Å². The summed E-state index contributed by atoms with van der Waals surface area (Å²) in [5.74, 6) is -1.09. The Morgan fingerprint density at radius 1 is 0.976 bits per heavy atom. The molecule has 0 aliphatic rings. The molecule has 220 valence electrons. The zero-order chi connectivity index (χ0) is 31.0. The number of phenols is 1. The van der Waals surface area contributed by atoms with E-state index in [1.807, 2.05) is 51.1 Å². The van der Waals surface area contributed by atoms with Crippen molar-refractivity contribution in [3.63, 3.8) is 0 Å². The molecule has 2 atom stereocenters. The van der Waals surface area contributed by atoms with E-state index in [1.165, 1.54) is 17.0 Å². The molecule has 0 aliphatic heterocycles. The minimum atomic E-state index is -1.18. The van der Waals surface area contributed by atoms with Gasteiger partial charge in [0.05, 0.1) is 6.07 Å². The van der Waals surface area contributed by atoms with Crippen molar-refractivity contribution in [1.82, 2.24) is 10.2 Å². The van der Waals surface area contributed by atoms with E-state index in [1.54, 1.807) is 51.1 Å². The molecule has 0 fully saturated rings. The van der Waals surface area contributed by atoms with Crippen LogP contribution in [0.5, 0.6) is 5.75 Å². The lowest BCUT2D eigenvalue weighted by molar-refractivity contribution is -0.140. The fourth-order valence-corrected chi connectivity index (χ4v) is 4.59. The minimum Gasteiger partial charge on any atom is -0.508 e. The number of benzene rings is 3. The third-order valence-corrected chi connectivity index (χ3v) is 6.57. The molecular formula is C33H38N4O5. The van der Waals surface area contributed by atoms with Crippen LogP contribution < -0.4 is 10.6 Å². The highest BCUT2D eigenvalue weighted by Crippen LogP contribution is 2.28. The fourth-order valence-electron chi connectivity index (χ4n) is 4.59. The first kappa shape index (κ1) is 31.7. The highest BCUT2D eigenvalue weighted by atomic mass is 16.6. The molecule has 0 radical (unpaired) electrons. The highest BCUT2D eigenvalue weighted by molar-refractivity contribution is 5.99. The average Bonchev–Trinajstić information content (AvgIpc) is 2.90. The Hall–Kier alpha value is -4.84. The summed E-state index contributed by atoms with van der Waals surface area (Å²) in [4.78, 5) is 42.3. The summed E-state index contributed by atoms with van der Waals surface area (Å²) in [6, 6.07) is 18.7. The second-order valence-electron chi connectivity index (χ2n) is 11.3. The number of para-hydroxylation sites is 1. The molecule has 0 spiro atoms. The van der Waals surface area contributed by atoms with Crippen molar-refractivity contribution in [1.29, 1.82) is 5.26 Å². The molecule has 3 amide bonds. The summed E-state index contributed by atoms with van der Waals surface area (Å²) in [5, 5.41) is 25.1. The molecule has 3 aromatic rings. The number of hydrogen-bond donors (Lipinski definition) is 3. The number of rotatable bonds is 9. The summed E-state index contributed by atoms with van der Waals surface area (Å²) < 4.78 is 5.43. The second-order valence-corrected chi connectivity index (χ2v) is 11.3. The molecule has 3 rings (SSSR count). The van der Waals surface area contributed by atoms with Crippen LogP contribution in [0.4, 0.5) is 10.5 Å². The Bertz CT molecular complexity index is 1470. The van der Waals surface area contributed by atoms with Crippen LogP contribution in [0.15, 0.2) is 66.7 Å². The summed E-state index contributed by atoms with van der Waals surface area (Å²) in [7, 11) is 0. The molecule has 0 bridgehead atoms. The van der Waals surface area contributed by atoms with Crippen LogP contribution in [-0.2, 0) is 20.7 Å². The molecule has 42 heavy (non-hydrogen) atoms. The molecule has 0 aromatic heterocycles. The topological polar surface area (TPSA) is 132 Å². The van der Waals surface area contributed by atoms with Crippen LogP contribution >= 0.6 is 0 Å². The average molecular weight is 571 g/mol. The van der Waals surface area contributed by atoms with Gasteiger partial charge in [0, 0.05) is 12.1 Å². The first-order chi connectivity index (χ1) is 19.8. The van der Waals surface area contributed by atoms with Crippen LogP contribution in [0, 0.1) is 32.1 Å². The Balaban J connectivity index is 2.09. The van der Waals surface area contributed by atoms with Gasteiger partial charge in [-0.15, -0.1) is 0 Å². The number of phenolic OH excluding ortho intramolecular Hbond substituents is 1. The fraction of sp³-hybridized carbons (Fsp3) is 0.333. The lowest BCUT2D eigenvalue weighted by Crippen LogP contribution is -2.53. The Morgan fingerprint density at radius 2 is 1.64 bits per heavy atom. The van der Waals surface area contributed by atoms with Crippen molar-refractivity contribution in [3.8, 4) is 11.8 Å². The predicted molar refractivity (Wildman–Crippen MR) is 161 cm³/mol. The van der Waals surface area contributed by atoms with Gasteiger partial charge < -0.3 is 25.4 Å². The number of carbonyl (C=O) groups excluding carboxylic acids is 3. The van der Waals surface area contributed by atoms with Crippen molar-refractivity contribution in [2.24, 2.45) is 0 Å². The second kappa shape index (κ2) is 13.7. The molecule has 0 aliphatic carbocycles. The van der Waals surface area contributed by atoms with E-state index >= 15 is 0 Å². The number of alkyl carbamates (subject to hydrolysis) is 1. The number of hydrogen-bond acceptors (Lipinski definition) is 6. The molecular weight excluding hydrogens is 532 g/mol. The molecule has 3 aromatic carbocycles. The molecule has 2 unspecified atom stereocenters. The quantitative estimate of drug-likeness (QED) is 0.292. The van der Waals surface area contributed by atoms with Crippen LogP contribution in [0.3, 0.4) is 0 Å². The van der Waals surface area contributed by atoms with E-state index in [-0.39, 0.29) is 12.2 Å². The van der Waals surface area contributed by atoms with E-state index in [9.17, 15) is 24.8 Å². The maximum atomic E-state index is 14.3. The SMILES string of the molecule is Cc1ccc(C(C(=O)Nc2ccccc2C)N(CC#N)C(=O)C(Cc2ccc(O)cc2)NC(=O)OC(C)(C)C)c(C)c1. The predicted octanol–water partition coefficient (Wildman–Crippen LogP) is 5.49. The normalized spacial score (nSPS) is 12.4. The van der Waals surface area contributed by atoms with Gasteiger partial charge in [-0.3, -0.25) is 9.59 Å². The zero-order valence-corrected chi connectivity index (χ0v) is 24.9. The van der Waals surface area contributed by atoms with E-state index in [4.69, 9.17) is 4.74 Å². The van der Waals surface area contributed by atoms with Gasteiger partial charge >= 0.3 is 6.09 Å². The first-order valence-electron chi connectivity index (χ1n) is 13.7. The van der Waals surface area contributed by atoms with Gasteiger partial charge in [0.1, 0.15) is 30.0 Å². The third kappa shape index (κ3) is 8.58. The molecule has 0 saturated carbocycles. The van der Waals surface area contributed by atoms with Gasteiger partial charge in [-0.25, -0.2) is 4.79 Å². The summed E-state index contributed by atoms with van der Waals surface area (Å²) in [5.41, 5.74) is 3.53. The van der Waals surface area contributed by atoms with E-state index < -0.39 is 42.1 Å². The smallest absolute Gasteiger partial charge is 0.408 e. The number of aromatic hydroxyl groups is 1. The minimum absolute atomic E-state index is 0.0271. The number of carbonyl (C=O) groups is 3. The molecule has 3 N–H and O–H groups in total. The van der Waals surface area contributed by atoms with Gasteiger partial charge in [0.25, 0.3) is 5.91 Å². The molecule has 9 heteroatoms. The van der Waals surface area contributed by atoms with Crippen LogP contribution in [0.2, 0.25) is 0 Å². The van der Waals surface area contributed by atoms with Crippen LogP contribution in [0.25, 0.3) is 0 Å². The van der Waals surface area contributed by atoms with Gasteiger partial charge in [0.15, 0.2) is 0 Å². The number of amides is 3. The largest absolute Gasteiger partial charge is 0.508 e. The lowest BCUT2D eigenvalue weighted by Gasteiger charge is -2.33. The maximum Gasteiger partial charge on any atom is 0.408 e. The number of aryl methyl sites for hydroxylation is 3. The maximum absolute atomic E-state index is 14.3. The molecule has 0 heterocycles. The van der Waals surface area contributed by atoms with Gasteiger partial charge in [-0.2, -0.15) is 5.26 Å². The number of nitrogens with zero attached hydrogens (tertiary/aromatic N) is 2.